The molecule has 1 heterocycles. The van der Waals surface area contributed by atoms with Crippen molar-refractivity contribution in [3.63, 3.8) is 0 Å². The van der Waals surface area contributed by atoms with E-state index in [1.54, 1.807) is 72.8 Å². The Balaban J connectivity index is 1.33. The first-order valence-corrected chi connectivity index (χ1v) is 13.6. The molecule has 2 N–H and O–H groups in total. The Labute approximate surface area is 243 Å². The summed E-state index contributed by atoms with van der Waals surface area (Å²) < 4.78 is 36.8. The molecular formula is C34H29FN2O5. The highest BCUT2D eigenvalue weighted by Crippen LogP contribution is 2.43. The molecule has 1 atom stereocenters. The van der Waals surface area contributed by atoms with Crippen LogP contribution in [0.4, 0.5) is 4.39 Å². The second-order valence-electron chi connectivity index (χ2n) is 9.69. The highest BCUT2D eigenvalue weighted by atomic mass is 19.1. The molecular weight excluding hydrogens is 535 g/mol. The molecule has 0 bridgehead atoms. The van der Waals surface area contributed by atoms with E-state index in [2.05, 4.69) is 13.0 Å². The van der Waals surface area contributed by atoms with Crippen LogP contribution in [0.3, 0.4) is 0 Å². The third-order valence-electron chi connectivity index (χ3n) is 6.80. The van der Waals surface area contributed by atoms with Gasteiger partial charge >= 0.3 is 5.97 Å². The monoisotopic (exact) mass is 564 g/mol. The van der Waals surface area contributed by atoms with Gasteiger partial charge in [-0.25, -0.2) is 9.18 Å². The SMILES string of the molecule is CCCCOc1cccc(C(=O)Oc2ccc3c(c2)OC(N)=C(C#N)C3c2ccc(OCc3ccccc3F)cc2)c1. The molecule has 1 unspecified atom stereocenters. The van der Waals surface area contributed by atoms with Crippen LogP contribution < -0.4 is 24.7 Å². The lowest BCUT2D eigenvalue weighted by Crippen LogP contribution is -2.21. The number of nitriles is 1. The fourth-order valence-electron chi connectivity index (χ4n) is 4.59. The summed E-state index contributed by atoms with van der Waals surface area (Å²) in [6.45, 7) is 2.73. The molecule has 1 aliphatic heterocycles. The molecule has 0 amide bonds. The summed E-state index contributed by atoms with van der Waals surface area (Å²) in [5, 5.41) is 9.89. The average molecular weight is 565 g/mol. The van der Waals surface area contributed by atoms with Crippen LogP contribution in [0.25, 0.3) is 0 Å². The Morgan fingerprint density at radius 2 is 1.74 bits per heavy atom. The van der Waals surface area contributed by atoms with Crippen molar-refractivity contribution in [2.75, 3.05) is 6.61 Å². The average Bonchev–Trinajstić information content (AvgIpc) is 3.00. The van der Waals surface area contributed by atoms with Crippen molar-refractivity contribution in [1.29, 1.82) is 5.26 Å². The largest absolute Gasteiger partial charge is 0.494 e. The van der Waals surface area contributed by atoms with Gasteiger partial charge in [-0.05, 0) is 54.4 Å². The number of nitrogens with zero attached hydrogens (tertiary/aromatic N) is 1. The van der Waals surface area contributed by atoms with Crippen LogP contribution in [0.5, 0.6) is 23.0 Å². The molecule has 0 saturated carbocycles. The minimum Gasteiger partial charge on any atom is -0.494 e. The second kappa shape index (κ2) is 12.9. The number of halogens is 1. The van der Waals surface area contributed by atoms with Crippen LogP contribution in [0.15, 0.2) is 102 Å². The number of esters is 1. The molecule has 0 fully saturated rings. The number of carbonyl (C=O) groups excluding carboxylic acids is 1. The molecule has 8 heteroatoms. The van der Waals surface area contributed by atoms with Gasteiger partial charge in [0.2, 0.25) is 5.88 Å². The topological polar surface area (TPSA) is 104 Å². The van der Waals surface area contributed by atoms with Crippen LogP contribution in [0, 0.1) is 17.1 Å². The summed E-state index contributed by atoms with van der Waals surface area (Å²) >= 11 is 0. The summed E-state index contributed by atoms with van der Waals surface area (Å²) in [6, 6.07) is 27.6. The van der Waals surface area contributed by atoms with Gasteiger partial charge in [-0.15, -0.1) is 0 Å². The minimum absolute atomic E-state index is 0.0321. The van der Waals surface area contributed by atoms with Crippen LogP contribution in [-0.2, 0) is 6.61 Å². The highest BCUT2D eigenvalue weighted by molar-refractivity contribution is 5.91. The number of hydrogen-bond acceptors (Lipinski definition) is 7. The summed E-state index contributed by atoms with van der Waals surface area (Å²) in [5.74, 6) is 0.360. The second-order valence-corrected chi connectivity index (χ2v) is 9.69. The molecule has 212 valence electrons. The van der Waals surface area contributed by atoms with Crippen molar-refractivity contribution in [2.45, 2.75) is 32.3 Å². The smallest absolute Gasteiger partial charge is 0.343 e. The Kier molecular flexibility index (Phi) is 8.69. The third kappa shape index (κ3) is 6.37. The maximum absolute atomic E-state index is 13.9. The molecule has 7 nitrogen and oxygen atoms in total. The van der Waals surface area contributed by atoms with Crippen LogP contribution in [0.2, 0.25) is 0 Å². The van der Waals surface area contributed by atoms with Crippen LogP contribution in [-0.4, -0.2) is 12.6 Å². The Bertz CT molecular complexity index is 1660. The van der Waals surface area contributed by atoms with Gasteiger partial charge in [0, 0.05) is 17.2 Å². The molecule has 0 radical (unpaired) electrons. The fraction of sp³-hybridized carbons (Fsp3) is 0.176. The van der Waals surface area contributed by atoms with Gasteiger partial charge in [0.05, 0.1) is 18.1 Å². The van der Waals surface area contributed by atoms with Crippen molar-refractivity contribution in [2.24, 2.45) is 5.73 Å². The number of hydrogen-bond donors (Lipinski definition) is 1. The first-order valence-electron chi connectivity index (χ1n) is 13.6. The normalized spacial score (nSPS) is 13.9. The van der Waals surface area contributed by atoms with Gasteiger partial charge < -0.3 is 24.7 Å². The van der Waals surface area contributed by atoms with Crippen molar-refractivity contribution < 1.29 is 28.1 Å². The number of benzene rings is 4. The van der Waals surface area contributed by atoms with Crippen molar-refractivity contribution >= 4 is 5.97 Å². The van der Waals surface area contributed by atoms with Gasteiger partial charge in [-0.2, -0.15) is 5.26 Å². The van der Waals surface area contributed by atoms with Crippen LogP contribution in [0.1, 0.15) is 52.7 Å². The molecule has 42 heavy (non-hydrogen) atoms. The van der Waals surface area contributed by atoms with Gasteiger partial charge in [-0.1, -0.05) is 55.8 Å². The van der Waals surface area contributed by atoms with E-state index in [-0.39, 0.29) is 29.6 Å². The Morgan fingerprint density at radius 1 is 0.952 bits per heavy atom. The fourth-order valence-corrected chi connectivity index (χ4v) is 4.59. The molecule has 0 saturated heterocycles. The van der Waals surface area contributed by atoms with Crippen LogP contribution >= 0.6 is 0 Å². The molecule has 1 aliphatic rings. The summed E-state index contributed by atoms with van der Waals surface area (Å²) in [6.07, 6.45) is 1.93. The lowest BCUT2D eigenvalue weighted by molar-refractivity contribution is 0.0734. The predicted molar refractivity (Wildman–Crippen MR) is 155 cm³/mol. The molecule has 4 aromatic carbocycles. The summed E-state index contributed by atoms with van der Waals surface area (Å²) in [7, 11) is 0. The molecule has 4 aromatic rings. The molecule has 0 aliphatic carbocycles. The summed E-state index contributed by atoms with van der Waals surface area (Å²) in [4.78, 5) is 12.9. The van der Waals surface area contributed by atoms with Gasteiger partial charge in [0.25, 0.3) is 0 Å². The lowest BCUT2D eigenvalue weighted by Gasteiger charge is -2.26. The maximum atomic E-state index is 13.9. The van der Waals surface area contributed by atoms with Crippen molar-refractivity contribution in [3.05, 3.63) is 131 Å². The Morgan fingerprint density at radius 3 is 2.50 bits per heavy atom. The predicted octanol–water partition coefficient (Wildman–Crippen LogP) is 7.02. The van der Waals surface area contributed by atoms with E-state index in [1.165, 1.54) is 6.07 Å². The number of fused-ring (bicyclic) bond motifs is 1. The number of nitrogens with two attached hydrogens (primary N) is 1. The van der Waals surface area contributed by atoms with E-state index in [0.717, 1.165) is 18.4 Å². The Hall–Kier alpha value is -5.29. The van der Waals surface area contributed by atoms with Crippen molar-refractivity contribution in [3.8, 4) is 29.1 Å². The van der Waals surface area contributed by atoms with Gasteiger partial charge in [-0.3, -0.25) is 0 Å². The molecule has 5 rings (SSSR count). The quantitative estimate of drug-likeness (QED) is 0.125. The number of unbranched alkanes of at least 4 members (excludes halogenated alkanes) is 1. The first-order chi connectivity index (χ1) is 20.5. The highest BCUT2D eigenvalue weighted by Gasteiger charge is 2.31. The zero-order chi connectivity index (χ0) is 29.5. The molecule has 0 aromatic heterocycles. The molecule has 0 spiro atoms. The van der Waals surface area contributed by atoms with Gasteiger partial charge in [0.1, 0.15) is 47.1 Å². The number of carbonyl (C=O) groups is 1. The lowest BCUT2D eigenvalue weighted by atomic mass is 9.83. The third-order valence-corrected chi connectivity index (χ3v) is 6.80. The van der Waals surface area contributed by atoms with Crippen molar-refractivity contribution in [1.82, 2.24) is 0 Å². The number of allylic oxidation sites excluding steroid dienone is 1. The summed E-state index contributed by atoms with van der Waals surface area (Å²) in [5.41, 5.74) is 8.68. The van der Waals surface area contributed by atoms with E-state index in [4.69, 9.17) is 24.7 Å². The van der Waals surface area contributed by atoms with E-state index >= 15 is 0 Å². The minimum atomic E-state index is -0.546. The van der Waals surface area contributed by atoms with E-state index in [0.29, 0.717) is 40.5 Å². The zero-order valence-electron chi connectivity index (χ0n) is 23.0. The zero-order valence-corrected chi connectivity index (χ0v) is 23.0. The number of rotatable bonds is 10. The van der Waals surface area contributed by atoms with E-state index in [1.807, 2.05) is 12.1 Å². The van der Waals surface area contributed by atoms with Gasteiger partial charge in [0.15, 0.2) is 0 Å². The first kappa shape index (κ1) is 28.2. The maximum Gasteiger partial charge on any atom is 0.343 e. The standard InChI is InChI=1S/C34H29FN2O5/c1-2-3-17-39-26-9-6-8-23(18-26)34(38)41-27-15-16-28-31(19-27)42-33(37)29(20-36)32(28)22-11-13-25(14-12-22)40-21-24-7-4-5-10-30(24)35/h4-16,18-19,32H,2-3,17,21,37H2,1H3. The van der Waals surface area contributed by atoms with E-state index < -0.39 is 11.9 Å². The van der Waals surface area contributed by atoms with E-state index in [9.17, 15) is 14.4 Å². The number of ether oxygens (including phenoxy) is 4.